The van der Waals surface area contributed by atoms with Gasteiger partial charge in [-0.3, -0.25) is 4.79 Å². The van der Waals surface area contributed by atoms with E-state index in [9.17, 15) is 9.18 Å². The Morgan fingerprint density at radius 2 is 1.71 bits per heavy atom. The van der Waals surface area contributed by atoms with Gasteiger partial charge in [0.1, 0.15) is 5.82 Å². The minimum Gasteiger partial charge on any atom is -0.343 e. The van der Waals surface area contributed by atoms with Gasteiger partial charge in [0.15, 0.2) is 0 Å². The second-order valence-corrected chi connectivity index (χ2v) is 8.59. The minimum absolute atomic E-state index is 0.235. The van der Waals surface area contributed by atoms with Crippen LogP contribution in [0.1, 0.15) is 32.9 Å². The van der Waals surface area contributed by atoms with E-state index < -0.39 is 0 Å². The number of carbonyl (C=O) groups is 1. The second-order valence-electron chi connectivity index (χ2n) is 8.59. The number of halogens is 1. The largest absolute Gasteiger partial charge is 0.343 e. The van der Waals surface area contributed by atoms with Crippen molar-refractivity contribution in [2.75, 3.05) is 0 Å². The van der Waals surface area contributed by atoms with Crippen LogP contribution in [0.2, 0.25) is 0 Å². The standard InChI is InChI=1S/C29H25FN4O/c1-20-6-7-21(2)34(20)27-11-9-24(10-12-27)29(35)32-31-18-22-8-13-28-25(16-22)14-15-33(28)19-23-4-3-5-26(30)17-23/h3-18H,19H2,1-2H3,(H,32,35)/b31-18+. The van der Waals surface area contributed by atoms with E-state index in [-0.39, 0.29) is 11.7 Å². The number of aromatic nitrogens is 2. The van der Waals surface area contributed by atoms with Gasteiger partial charge in [0.2, 0.25) is 0 Å². The van der Waals surface area contributed by atoms with Crippen molar-refractivity contribution in [3.05, 3.63) is 125 Å². The first-order chi connectivity index (χ1) is 17.0. The van der Waals surface area contributed by atoms with Crippen LogP contribution >= 0.6 is 0 Å². The van der Waals surface area contributed by atoms with Crippen molar-refractivity contribution >= 4 is 23.0 Å². The quantitative estimate of drug-likeness (QED) is 0.243. The lowest BCUT2D eigenvalue weighted by Crippen LogP contribution is -2.17. The summed E-state index contributed by atoms with van der Waals surface area (Å²) in [6.07, 6.45) is 3.61. The van der Waals surface area contributed by atoms with E-state index in [1.54, 1.807) is 30.5 Å². The average molecular weight is 465 g/mol. The van der Waals surface area contributed by atoms with Crippen molar-refractivity contribution in [1.82, 2.24) is 14.6 Å². The van der Waals surface area contributed by atoms with E-state index in [0.717, 1.165) is 39.1 Å². The fourth-order valence-electron chi connectivity index (χ4n) is 4.34. The van der Waals surface area contributed by atoms with Crippen LogP contribution in [0, 0.1) is 19.7 Å². The molecule has 0 aliphatic rings. The Kier molecular flexibility index (Phi) is 6.02. The highest BCUT2D eigenvalue weighted by Gasteiger charge is 2.08. The average Bonchev–Trinajstić information content (AvgIpc) is 3.41. The summed E-state index contributed by atoms with van der Waals surface area (Å²) >= 11 is 0. The first kappa shape index (κ1) is 22.3. The summed E-state index contributed by atoms with van der Waals surface area (Å²) < 4.78 is 17.7. The first-order valence-electron chi connectivity index (χ1n) is 11.4. The van der Waals surface area contributed by atoms with Crippen molar-refractivity contribution < 1.29 is 9.18 Å². The topological polar surface area (TPSA) is 51.3 Å². The molecule has 0 aliphatic heterocycles. The summed E-state index contributed by atoms with van der Waals surface area (Å²) in [5.74, 6) is -0.502. The minimum atomic E-state index is -0.268. The molecule has 5 rings (SSSR count). The van der Waals surface area contributed by atoms with Crippen LogP contribution in [0.3, 0.4) is 0 Å². The number of nitrogens with zero attached hydrogens (tertiary/aromatic N) is 3. The normalized spacial score (nSPS) is 11.4. The summed E-state index contributed by atoms with van der Waals surface area (Å²) in [4.78, 5) is 12.5. The molecular weight excluding hydrogens is 439 g/mol. The monoisotopic (exact) mass is 464 g/mol. The Morgan fingerprint density at radius 1 is 0.943 bits per heavy atom. The van der Waals surface area contributed by atoms with Crippen LogP contribution in [0.25, 0.3) is 16.6 Å². The zero-order valence-electron chi connectivity index (χ0n) is 19.6. The zero-order chi connectivity index (χ0) is 24.4. The molecule has 5 nitrogen and oxygen atoms in total. The highest BCUT2D eigenvalue weighted by Crippen LogP contribution is 2.19. The van der Waals surface area contributed by atoms with Crippen molar-refractivity contribution in [3.8, 4) is 5.69 Å². The highest BCUT2D eigenvalue weighted by atomic mass is 19.1. The molecular formula is C29H25FN4O. The van der Waals surface area contributed by atoms with Crippen molar-refractivity contribution in [2.45, 2.75) is 20.4 Å². The molecule has 3 aromatic carbocycles. The van der Waals surface area contributed by atoms with E-state index in [1.807, 2.05) is 48.7 Å². The van der Waals surface area contributed by atoms with E-state index in [0.29, 0.717) is 12.1 Å². The lowest BCUT2D eigenvalue weighted by atomic mass is 10.1. The molecule has 35 heavy (non-hydrogen) atoms. The Labute approximate surface area is 203 Å². The lowest BCUT2D eigenvalue weighted by molar-refractivity contribution is 0.0955. The van der Waals surface area contributed by atoms with Gasteiger partial charge in [-0.25, -0.2) is 9.82 Å². The molecule has 2 heterocycles. The van der Waals surface area contributed by atoms with Crippen molar-refractivity contribution in [2.24, 2.45) is 5.10 Å². The van der Waals surface area contributed by atoms with E-state index in [4.69, 9.17) is 0 Å². The number of carbonyl (C=O) groups excluding carboxylic acids is 1. The van der Waals surface area contributed by atoms with Crippen LogP contribution in [0.15, 0.2) is 96.2 Å². The Hall–Kier alpha value is -4.45. The number of hydrogen-bond acceptors (Lipinski definition) is 2. The number of rotatable bonds is 6. The second kappa shape index (κ2) is 9.43. The predicted molar refractivity (Wildman–Crippen MR) is 138 cm³/mol. The molecule has 0 saturated heterocycles. The molecule has 0 saturated carbocycles. The number of aryl methyl sites for hydroxylation is 2. The number of hydrazone groups is 1. The Bertz CT molecular complexity index is 1520. The smallest absolute Gasteiger partial charge is 0.271 e. The molecule has 1 N–H and O–H groups in total. The van der Waals surface area contributed by atoms with Crippen molar-refractivity contribution in [1.29, 1.82) is 0 Å². The van der Waals surface area contributed by atoms with Gasteiger partial charge in [-0.2, -0.15) is 5.10 Å². The van der Waals surface area contributed by atoms with Gasteiger partial charge in [0.25, 0.3) is 5.91 Å². The van der Waals surface area contributed by atoms with Gasteiger partial charge in [-0.05, 0) is 91.7 Å². The third-order valence-corrected chi connectivity index (χ3v) is 6.08. The molecule has 2 aromatic heterocycles. The molecule has 0 bridgehead atoms. The fraction of sp³-hybridized carbons (Fsp3) is 0.103. The Balaban J connectivity index is 1.24. The molecule has 6 heteroatoms. The van der Waals surface area contributed by atoms with Crippen LogP contribution in [-0.4, -0.2) is 21.3 Å². The predicted octanol–water partition coefficient (Wildman–Crippen LogP) is 6.00. The summed E-state index contributed by atoms with van der Waals surface area (Å²) in [5, 5.41) is 5.18. The molecule has 174 valence electrons. The molecule has 5 aromatic rings. The van der Waals surface area contributed by atoms with Crippen LogP contribution < -0.4 is 5.43 Å². The summed E-state index contributed by atoms with van der Waals surface area (Å²) in [6.45, 7) is 4.70. The molecule has 0 unspecified atom stereocenters. The van der Waals surface area contributed by atoms with Gasteiger partial charge in [-0.1, -0.05) is 18.2 Å². The SMILES string of the molecule is Cc1ccc(C)n1-c1ccc(C(=O)N/N=C/c2ccc3c(ccn3Cc3cccc(F)c3)c2)cc1. The van der Waals surface area contributed by atoms with Gasteiger partial charge in [-0.15, -0.1) is 0 Å². The fourth-order valence-corrected chi connectivity index (χ4v) is 4.34. The van der Waals surface area contributed by atoms with E-state index in [2.05, 4.69) is 45.6 Å². The van der Waals surface area contributed by atoms with Gasteiger partial charge in [0, 0.05) is 46.3 Å². The van der Waals surface area contributed by atoms with Crippen LogP contribution in [0.4, 0.5) is 4.39 Å². The van der Waals surface area contributed by atoms with Crippen molar-refractivity contribution in [3.63, 3.8) is 0 Å². The molecule has 1 amide bonds. The molecule has 0 fully saturated rings. The summed E-state index contributed by atoms with van der Waals surface area (Å²) in [7, 11) is 0. The molecule has 0 atom stereocenters. The van der Waals surface area contributed by atoms with Crippen LogP contribution in [0.5, 0.6) is 0 Å². The zero-order valence-corrected chi connectivity index (χ0v) is 19.6. The van der Waals surface area contributed by atoms with Gasteiger partial charge < -0.3 is 9.13 Å². The summed E-state index contributed by atoms with van der Waals surface area (Å²) in [5.41, 5.74) is 9.26. The summed E-state index contributed by atoms with van der Waals surface area (Å²) in [6, 6.07) is 26.2. The van der Waals surface area contributed by atoms with Crippen LogP contribution in [-0.2, 0) is 6.54 Å². The third-order valence-electron chi connectivity index (χ3n) is 6.08. The van der Waals surface area contributed by atoms with Gasteiger partial charge >= 0.3 is 0 Å². The van der Waals surface area contributed by atoms with Gasteiger partial charge in [0.05, 0.1) is 6.21 Å². The van der Waals surface area contributed by atoms with E-state index >= 15 is 0 Å². The third kappa shape index (κ3) is 4.77. The highest BCUT2D eigenvalue weighted by molar-refractivity contribution is 5.95. The lowest BCUT2D eigenvalue weighted by Gasteiger charge is -2.10. The number of fused-ring (bicyclic) bond motifs is 1. The first-order valence-corrected chi connectivity index (χ1v) is 11.4. The maximum Gasteiger partial charge on any atom is 0.271 e. The Morgan fingerprint density at radius 3 is 2.46 bits per heavy atom. The molecule has 0 aliphatic carbocycles. The molecule has 0 spiro atoms. The van der Waals surface area contributed by atoms with E-state index in [1.165, 1.54) is 6.07 Å². The molecule has 0 radical (unpaired) electrons. The maximum absolute atomic E-state index is 13.5. The maximum atomic E-state index is 13.5. The number of amides is 1. The number of benzene rings is 3. The number of hydrogen-bond donors (Lipinski definition) is 1. The number of nitrogens with one attached hydrogen (secondary N) is 1.